The van der Waals surface area contributed by atoms with Crippen LogP contribution in [0.3, 0.4) is 0 Å². The van der Waals surface area contributed by atoms with Crippen molar-refractivity contribution < 1.29 is 16.8 Å². The molecular weight excluding hydrogens is 569 g/mol. The van der Waals surface area contributed by atoms with Crippen molar-refractivity contribution in [2.75, 3.05) is 11.5 Å². The molecule has 4 aromatic rings. The van der Waals surface area contributed by atoms with Crippen LogP contribution >= 0.6 is 0 Å². The minimum absolute atomic E-state index is 0.192. The zero-order valence-corrected chi connectivity index (χ0v) is 23.6. The number of sulfone groups is 2. The van der Waals surface area contributed by atoms with E-state index in [1.54, 1.807) is 48.5 Å². The zero-order valence-electron chi connectivity index (χ0n) is 20.4. The summed E-state index contributed by atoms with van der Waals surface area (Å²) in [4.78, 5) is 7.37. The molecule has 0 saturated heterocycles. The Balaban J connectivity index is 1.38. The number of nitrogens with zero attached hydrogens (tertiary/aromatic N) is 2. The molecule has 39 heavy (non-hydrogen) atoms. The summed E-state index contributed by atoms with van der Waals surface area (Å²) in [6.07, 6.45) is 0.721. The van der Waals surface area contributed by atoms with Gasteiger partial charge in [-0.25, -0.2) is 21.7 Å². The molecule has 0 amide bonds. The van der Waals surface area contributed by atoms with Gasteiger partial charge in [0, 0.05) is 6.42 Å². The average Bonchev–Trinajstić information content (AvgIpc) is 2.96. The average molecular weight is 589 g/mol. The van der Waals surface area contributed by atoms with E-state index in [2.05, 4.69) is 4.85 Å². The lowest BCUT2D eigenvalue weighted by atomic mass is 10.2. The fourth-order valence-corrected chi connectivity index (χ4v) is 15.0. The first-order chi connectivity index (χ1) is 18.8. The maximum absolute atomic E-state index is 13.4. The summed E-state index contributed by atoms with van der Waals surface area (Å²) in [5, 5.41) is 9.39. The molecular formula is C29H20N2O4S4+2. The van der Waals surface area contributed by atoms with Gasteiger partial charge in [-0.05, 0) is 54.6 Å². The Morgan fingerprint density at radius 2 is 1.15 bits per heavy atom. The third kappa shape index (κ3) is 4.07. The maximum Gasteiger partial charge on any atom is 0.216 e. The summed E-state index contributed by atoms with van der Waals surface area (Å²) >= 11 is 0. The second-order valence-corrected chi connectivity index (χ2v) is 16.9. The Morgan fingerprint density at radius 1 is 0.667 bits per heavy atom. The van der Waals surface area contributed by atoms with E-state index in [1.165, 1.54) is 12.1 Å². The van der Waals surface area contributed by atoms with Crippen molar-refractivity contribution in [3.8, 4) is 6.07 Å². The number of hydrogen-bond acceptors (Lipinski definition) is 5. The summed E-state index contributed by atoms with van der Waals surface area (Å²) < 4.78 is 53.8. The second kappa shape index (κ2) is 9.58. The lowest BCUT2D eigenvalue weighted by Gasteiger charge is -2.21. The lowest BCUT2D eigenvalue weighted by Crippen LogP contribution is -2.25. The first-order valence-electron chi connectivity index (χ1n) is 11.9. The summed E-state index contributed by atoms with van der Waals surface area (Å²) in [7, 11) is -8.55. The van der Waals surface area contributed by atoms with Gasteiger partial charge in [-0.1, -0.05) is 30.3 Å². The number of benzene rings is 4. The summed E-state index contributed by atoms with van der Waals surface area (Å²) in [5.41, 5.74) is 0.590. The van der Waals surface area contributed by atoms with Crippen molar-refractivity contribution in [1.29, 1.82) is 5.26 Å². The highest BCUT2D eigenvalue weighted by Gasteiger charge is 2.46. The highest BCUT2D eigenvalue weighted by atomic mass is 32.2. The van der Waals surface area contributed by atoms with Crippen LogP contribution in [0.1, 0.15) is 12.0 Å². The predicted octanol–water partition coefficient (Wildman–Crippen LogP) is 5.56. The van der Waals surface area contributed by atoms with Gasteiger partial charge >= 0.3 is 0 Å². The molecule has 2 unspecified atom stereocenters. The largest absolute Gasteiger partial charge is 0.238 e. The molecule has 2 heterocycles. The van der Waals surface area contributed by atoms with Crippen LogP contribution in [0.25, 0.3) is 4.85 Å². The van der Waals surface area contributed by atoms with Gasteiger partial charge in [-0.3, -0.25) is 0 Å². The molecule has 0 aliphatic carbocycles. The molecule has 192 valence electrons. The molecule has 2 aliphatic heterocycles. The van der Waals surface area contributed by atoms with Crippen LogP contribution in [0.2, 0.25) is 0 Å². The van der Waals surface area contributed by atoms with Gasteiger partial charge in [0.1, 0.15) is 31.1 Å². The van der Waals surface area contributed by atoms with Crippen molar-refractivity contribution >= 4 is 47.2 Å². The Kier molecular flexibility index (Phi) is 6.32. The first kappa shape index (κ1) is 25.7. The fourth-order valence-electron chi connectivity index (χ4n) is 4.98. The van der Waals surface area contributed by atoms with E-state index < -0.39 is 41.5 Å². The van der Waals surface area contributed by atoms with Gasteiger partial charge < -0.3 is 0 Å². The lowest BCUT2D eigenvalue weighted by molar-refractivity contribution is 0.589. The molecule has 6 rings (SSSR count). The number of rotatable bonds is 4. The Morgan fingerprint density at radius 3 is 1.69 bits per heavy atom. The Bertz CT molecular complexity index is 1830. The minimum atomic E-state index is -3.75. The van der Waals surface area contributed by atoms with Crippen LogP contribution in [0.15, 0.2) is 124 Å². The van der Waals surface area contributed by atoms with Gasteiger partial charge in [0.2, 0.25) is 19.7 Å². The summed E-state index contributed by atoms with van der Waals surface area (Å²) in [6, 6.07) is 26.0. The van der Waals surface area contributed by atoms with Gasteiger partial charge in [-0.15, -0.1) is 0 Å². The van der Waals surface area contributed by atoms with E-state index >= 15 is 0 Å². The Labute approximate surface area is 233 Å². The van der Waals surface area contributed by atoms with Crippen LogP contribution in [0.5, 0.6) is 0 Å². The molecule has 10 heteroatoms. The molecule has 4 aromatic carbocycles. The maximum atomic E-state index is 13.4. The van der Waals surface area contributed by atoms with E-state index in [9.17, 15) is 22.1 Å². The van der Waals surface area contributed by atoms with Gasteiger partial charge in [0.05, 0.1) is 40.0 Å². The fraction of sp³-hybridized carbons (Fsp3) is 0.103. The molecule has 0 spiro atoms. The quantitative estimate of drug-likeness (QED) is 0.230. The molecule has 0 bridgehead atoms. The molecule has 0 aromatic heterocycles. The number of hydrogen-bond donors (Lipinski definition) is 0. The monoisotopic (exact) mass is 588 g/mol. The van der Waals surface area contributed by atoms with Crippen LogP contribution in [0, 0.1) is 17.9 Å². The topological polar surface area (TPSA) is 96.4 Å². The normalized spacial score (nSPS) is 19.3. The van der Waals surface area contributed by atoms with Crippen molar-refractivity contribution in [3.05, 3.63) is 102 Å². The number of nitriles is 1. The van der Waals surface area contributed by atoms with Gasteiger partial charge in [0.25, 0.3) is 0 Å². The molecule has 0 fully saturated rings. The van der Waals surface area contributed by atoms with Crippen LogP contribution in [-0.2, 0) is 41.5 Å². The molecule has 6 nitrogen and oxygen atoms in total. The standard InChI is InChI=1S/C29H20N2O4S4/c1-31-21-12-14-25-29(18-21)39(34,35)27-10-5-3-8-23(27)37(25)16-6-15-36-22-7-2-4-9-26(22)38(32,33)28-17-20(19-30)11-13-24(28)36/h2-5,7-14,17-18H,6,15-16H2/q+2. The first-order valence-corrected chi connectivity index (χ1v) is 17.7. The van der Waals surface area contributed by atoms with Crippen LogP contribution < -0.4 is 0 Å². The predicted molar refractivity (Wildman–Crippen MR) is 150 cm³/mol. The molecule has 2 aliphatic rings. The Hall–Kier alpha value is -3.54. The highest BCUT2D eigenvalue weighted by molar-refractivity contribution is 8.01. The van der Waals surface area contributed by atoms with E-state index in [1.807, 2.05) is 30.3 Å². The molecule has 0 radical (unpaired) electrons. The van der Waals surface area contributed by atoms with Crippen molar-refractivity contribution in [2.45, 2.75) is 45.6 Å². The molecule has 0 saturated carbocycles. The smallest absolute Gasteiger partial charge is 0.216 e. The zero-order chi connectivity index (χ0) is 27.4. The van der Waals surface area contributed by atoms with E-state index in [-0.39, 0.29) is 25.3 Å². The summed E-state index contributed by atoms with van der Waals surface area (Å²) in [6.45, 7) is 7.36. The van der Waals surface area contributed by atoms with Crippen molar-refractivity contribution in [2.24, 2.45) is 0 Å². The third-order valence-electron chi connectivity index (χ3n) is 6.74. The highest BCUT2D eigenvalue weighted by Crippen LogP contribution is 2.45. The van der Waals surface area contributed by atoms with Gasteiger partial charge in [-0.2, -0.15) is 5.26 Å². The van der Waals surface area contributed by atoms with Crippen LogP contribution in [-0.4, -0.2) is 28.3 Å². The van der Waals surface area contributed by atoms with E-state index in [4.69, 9.17) is 6.57 Å². The summed E-state index contributed by atoms with van der Waals surface area (Å²) in [5.74, 6) is 1.36. The van der Waals surface area contributed by atoms with Crippen molar-refractivity contribution in [1.82, 2.24) is 0 Å². The number of fused-ring (bicyclic) bond motifs is 4. The molecule has 2 atom stereocenters. The van der Waals surface area contributed by atoms with E-state index in [0.29, 0.717) is 22.0 Å². The second-order valence-electron chi connectivity index (χ2n) is 8.96. The van der Waals surface area contributed by atoms with Gasteiger partial charge in [0.15, 0.2) is 25.3 Å². The van der Waals surface area contributed by atoms with Crippen LogP contribution in [0.4, 0.5) is 5.69 Å². The minimum Gasteiger partial charge on any atom is -0.238 e. The SMILES string of the molecule is [C-]#[N+]c1ccc2c(c1)S(=O)(=O)c1ccccc1[S+]2CCC[S+]1c2ccccc2S(=O)(=O)c2cc(C#N)ccc21. The molecule has 0 N–H and O–H groups in total. The van der Waals surface area contributed by atoms with E-state index in [0.717, 1.165) is 21.1 Å². The third-order valence-corrected chi connectivity index (χ3v) is 15.9. The van der Waals surface area contributed by atoms with Crippen molar-refractivity contribution in [3.63, 3.8) is 0 Å².